The second-order valence-electron chi connectivity index (χ2n) is 6.51. The Morgan fingerprint density at radius 2 is 2.17 bits per heavy atom. The van der Waals surface area contributed by atoms with E-state index in [4.69, 9.17) is 4.74 Å². The summed E-state index contributed by atoms with van der Waals surface area (Å²) in [6.07, 6.45) is 3.68. The van der Waals surface area contributed by atoms with Crippen molar-refractivity contribution in [3.63, 3.8) is 0 Å². The zero-order chi connectivity index (χ0) is 16.7. The summed E-state index contributed by atoms with van der Waals surface area (Å²) in [6.45, 7) is 9.48. The van der Waals surface area contributed by atoms with Crippen LogP contribution in [0.3, 0.4) is 0 Å². The molecule has 0 radical (unpaired) electrons. The maximum atomic E-state index is 5.66. The van der Waals surface area contributed by atoms with Crippen LogP contribution in [0.15, 0.2) is 4.99 Å². The Labute approximate surface area is 162 Å². The van der Waals surface area contributed by atoms with E-state index in [1.54, 1.807) is 0 Å². The maximum Gasteiger partial charge on any atom is 0.191 e. The van der Waals surface area contributed by atoms with Gasteiger partial charge in [0.1, 0.15) is 12.4 Å². The predicted molar refractivity (Wildman–Crippen MR) is 107 cm³/mol. The summed E-state index contributed by atoms with van der Waals surface area (Å²) in [6, 6.07) is 0. The molecule has 2 heterocycles. The number of guanidine groups is 1. The Kier molecular flexibility index (Phi) is 9.57. The second-order valence-corrected chi connectivity index (χ2v) is 6.51. The van der Waals surface area contributed by atoms with Gasteiger partial charge in [-0.05, 0) is 32.1 Å². The van der Waals surface area contributed by atoms with Crippen molar-refractivity contribution in [2.45, 2.75) is 52.7 Å². The topological polar surface area (TPSA) is 76.4 Å². The molecule has 24 heavy (non-hydrogen) atoms. The van der Waals surface area contributed by atoms with Gasteiger partial charge in [-0.1, -0.05) is 13.8 Å². The summed E-state index contributed by atoms with van der Waals surface area (Å²) in [7, 11) is 1.96. The van der Waals surface area contributed by atoms with Crippen molar-refractivity contribution in [2.75, 3.05) is 19.7 Å². The minimum absolute atomic E-state index is 0. The lowest BCUT2D eigenvalue weighted by atomic mass is 10.1. The first-order valence-corrected chi connectivity index (χ1v) is 8.55. The third-order valence-electron chi connectivity index (χ3n) is 4.10. The van der Waals surface area contributed by atoms with Crippen molar-refractivity contribution in [1.29, 1.82) is 0 Å². The summed E-state index contributed by atoms with van der Waals surface area (Å²) in [4.78, 5) is 4.64. The molecule has 1 aromatic heterocycles. The van der Waals surface area contributed by atoms with Crippen LogP contribution < -0.4 is 10.6 Å². The van der Waals surface area contributed by atoms with Gasteiger partial charge in [0.15, 0.2) is 11.8 Å². The smallest absolute Gasteiger partial charge is 0.191 e. The van der Waals surface area contributed by atoms with Gasteiger partial charge in [0.25, 0.3) is 0 Å². The van der Waals surface area contributed by atoms with E-state index < -0.39 is 0 Å². The monoisotopic (exact) mass is 450 g/mol. The highest BCUT2D eigenvalue weighted by atomic mass is 127. The van der Waals surface area contributed by atoms with E-state index in [-0.39, 0.29) is 24.0 Å². The zero-order valence-electron chi connectivity index (χ0n) is 15.2. The van der Waals surface area contributed by atoms with Gasteiger partial charge in [-0.15, -0.1) is 34.2 Å². The molecule has 2 N–H and O–H groups in total. The molecule has 0 amide bonds. The third-order valence-corrected chi connectivity index (χ3v) is 4.10. The molecule has 7 nitrogen and oxygen atoms in total. The van der Waals surface area contributed by atoms with Crippen LogP contribution in [0.25, 0.3) is 0 Å². The van der Waals surface area contributed by atoms with Crippen molar-refractivity contribution >= 4 is 29.9 Å². The summed E-state index contributed by atoms with van der Waals surface area (Å²) in [5, 5.41) is 15.0. The molecule has 0 saturated carbocycles. The van der Waals surface area contributed by atoms with Crippen LogP contribution in [0, 0.1) is 12.8 Å². The van der Waals surface area contributed by atoms with Gasteiger partial charge in [-0.25, -0.2) is 4.99 Å². The number of rotatable bonds is 7. The normalized spacial score (nSPS) is 17.9. The molecule has 0 aliphatic carbocycles. The lowest BCUT2D eigenvalue weighted by Gasteiger charge is -2.16. The van der Waals surface area contributed by atoms with E-state index in [2.05, 4.69) is 39.7 Å². The summed E-state index contributed by atoms with van der Waals surface area (Å²) in [5.74, 6) is 3.26. The van der Waals surface area contributed by atoms with Crippen LogP contribution >= 0.6 is 24.0 Å². The first-order valence-electron chi connectivity index (χ1n) is 8.55. The molecule has 8 heteroatoms. The average molecular weight is 450 g/mol. The summed E-state index contributed by atoms with van der Waals surface area (Å²) in [5.41, 5.74) is 0. The fourth-order valence-electron chi connectivity index (χ4n) is 2.41. The van der Waals surface area contributed by atoms with Gasteiger partial charge in [0.05, 0.1) is 6.10 Å². The second kappa shape index (κ2) is 10.9. The van der Waals surface area contributed by atoms with Crippen molar-refractivity contribution in [1.82, 2.24) is 25.4 Å². The molecule has 138 valence electrons. The molecule has 1 aliphatic rings. The van der Waals surface area contributed by atoms with Gasteiger partial charge in [0.2, 0.25) is 0 Å². The van der Waals surface area contributed by atoms with E-state index >= 15 is 0 Å². The van der Waals surface area contributed by atoms with Gasteiger partial charge in [-0.3, -0.25) is 0 Å². The molecule has 0 aromatic carbocycles. The van der Waals surface area contributed by atoms with Crippen molar-refractivity contribution in [3.8, 4) is 0 Å². The highest BCUT2D eigenvalue weighted by Crippen LogP contribution is 2.10. The Bertz CT molecular complexity index is 511. The van der Waals surface area contributed by atoms with E-state index in [0.717, 1.165) is 56.6 Å². The van der Waals surface area contributed by atoms with Crippen molar-refractivity contribution < 1.29 is 4.74 Å². The van der Waals surface area contributed by atoms with Crippen LogP contribution in [0.1, 0.15) is 44.8 Å². The highest BCUT2D eigenvalue weighted by Gasteiger charge is 2.15. The number of aliphatic imine (C=N–C) groups is 1. The molecule has 0 spiro atoms. The number of hydrogen-bond donors (Lipinski definition) is 2. The lowest BCUT2D eigenvalue weighted by molar-refractivity contribution is 0.114. The molecule has 2 rings (SSSR count). The van der Waals surface area contributed by atoms with Crippen LogP contribution in [0.4, 0.5) is 0 Å². The van der Waals surface area contributed by atoms with Gasteiger partial charge >= 0.3 is 0 Å². The van der Waals surface area contributed by atoms with E-state index in [0.29, 0.717) is 18.6 Å². The largest absolute Gasteiger partial charge is 0.376 e. The first-order chi connectivity index (χ1) is 11.1. The molecular formula is C16H31IN6O. The number of aryl methyl sites for hydroxylation is 1. The Morgan fingerprint density at radius 3 is 2.75 bits per heavy atom. The number of halogens is 1. The summed E-state index contributed by atoms with van der Waals surface area (Å²) >= 11 is 0. The Balaban J connectivity index is 0.00000288. The molecule has 1 aromatic rings. The molecule has 1 fully saturated rings. The summed E-state index contributed by atoms with van der Waals surface area (Å²) < 4.78 is 7.63. The van der Waals surface area contributed by atoms with Gasteiger partial charge < -0.3 is 19.9 Å². The van der Waals surface area contributed by atoms with Gasteiger partial charge in [0, 0.05) is 26.7 Å². The number of nitrogens with zero attached hydrogens (tertiary/aromatic N) is 4. The lowest BCUT2D eigenvalue weighted by Crippen LogP contribution is -2.41. The molecule has 1 aliphatic heterocycles. The number of ether oxygens (including phenoxy) is 1. The van der Waals surface area contributed by atoms with Gasteiger partial charge in [-0.2, -0.15) is 0 Å². The minimum atomic E-state index is 0. The number of nitrogens with one attached hydrogen (secondary N) is 2. The minimum Gasteiger partial charge on any atom is -0.376 e. The van der Waals surface area contributed by atoms with E-state index in [1.165, 1.54) is 0 Å². The first kappa shape index (κ1) is 21.1. The average Bonchev–Trinajstić information content (AvgIpc) is 3.13. The van der Waals surface area contributed by atoms with Crippen LogP contribution in [-0.2, 0) is 18.3 Å². The Morgan fingerprint density at radius 1 is 1.38 bits per heavy atom. The molecule has 0 bridgehead atoms. The SMILES string of the molecule is Cc1nnc(CN=C(NCCC(C)C)NCC2CCCO2)n1C.I. The fourth-order valence-corrected chi connectivity index (χ4v) is 2.41. The van der Waals surface area contributed by atoms with Crippen LogP contribution in [0.5, 0.6) is 0 Å². The molecule has 1 saturated heterocycles. The molecule has 1 unspecified atom stereocenters. The maximum absolute atomic E-state index is 5.66. The standard InChI is InChI=1S/C16H30N6O.HI/c1-12(2)7-8-17-16(18-10-14-6-5-9-23-14)19-11-15-21-20-13(3)22(15)4;/h12,14H,5-11H2,1-4H3,(H2,17,18,19);1H. The van der Waals surface area contributed by atoms with E-state index in [1.807, 2.05) is 18.5 Å². The molecule has 1 atom stereocenters. The fraction of sp³-hybridized carbons (Fsp3) is 0.812. The van der Waals surface area contributed by atoms with Crippen LogP contribution in [0.2, 0.25) is 0 Å². The number of hydrogen-bond acceptors (Lipinski definition) is 4. The number of aromatic nitrogens is 3. The van der Waals surface area contributed by atoms with Crippen molar-refractivity contribution in [2.24, 2.45) is 18.0 Å². The predicted octanol–water partition coefficient (Wildman–Crippen LogP) is 2.00. The third kappa shape index (κ3) is 6.92. The van der Waals surface area contributed by atoms with E-state index in [9.17, 15) is 0 Å². The molecular weight excluding hydrogens is 419 g/mol. The Hall–Kier alpha value is -0.900. The zero-order valence-corrected chi connectivity index (χ0v) is 17.5. The quantitative estimate of drug-likeness (QED) is 0.378. The van der Waals surface area contributed by atoms with Crippen molar-refractivity contribution in [3.05, 3.63) is 11.6 Å². The highest BCUT2D eigenvalue weighted by molar-refractivity contribution is 14.0. The van der Waals surface area contributed by atoms with Crippen LogP contribution in [-0.4, -0.2) is 46.5 Å².